The average Bonchev–Trinajstić information content (AvgIpc) is 2.77. The number of halogens is 5. The fraction of sp³-hybridized carbons (Fsp3) is 0.100. The Bertz CT molecular complexity index is 659. The van der Waals surface area contributed by atoms with Crippen LogP contribution in [0.3, 0.4) is 0 Å². The summed E-state index contributed by atoms with van der Waals surface area (Å²) in [5, 5.41) is 9.01. The molecule has 0 saturated heterocycles. The van der Waals surface area contributed by atoms with Gasteiger partial charge in [0.25, 0.3) is 5.91 Å². The van der Waals surface area contributed by atoms with Gasteiger partial charge in [-0.1, -0.05) is 22.9 Å². The minimum Gasteiger partial charge on any atom is -0.318 e. The van der Waals surface area contributed by atoms with Crippen molar-refractivity contribution in [2.24, 2.45) is 0 Å². The number of carbonyl (C=O) groups is 1. The lowest BCUT2D eigenvalue weighted by atomic mass is 10.2. The predicted molar refractivity (Wildman–Crippen MR) is 69.3 cm³/mol. The molecule has 1 heterocycles. The Kier molecular flexibility index (Phi) is 4.17. The summed E-state index contributed by atoms with van der Waals surface area (Å²) in [7, 11) is 0. The summed E-state index contributed by atoms with van der Waals surface area (Å²) in [6.07, 6.45) is -4.50. The van der Waals surface area contributed by atoms with E-state index in [9.17, 15) is 18.0 Å². The number of anilines is 1. The van der Waals surface area contributed by atoms with Crippen LogP contribution < -0.4 is 5.32 Å². The molecule has 1 aromatic heterocycles. The highest BCUT2D eigenvalue weighted by molar-refractivity contribution is 7.17. The zero-order valence-corrected chi connectivity index (χ0v) is 11.7. The predicted octanol–water partition coefficient (Wildman–Crippen LogP) is 4.12. The monoisotopic (exact) mass is 341 g/mol. The van der Waals surface area contributed by atoms with Gasteiger partial charge in [-0.05, 0) is 29.8 Å². The maximum absolute atomic E-state index is 12.5. The molecule has 0 aliphatic rings. The van der Waals surface area contributed by atoms with Crippen LogP contribution in [0.2, 0.25) is 9.49 Å². The van der Waals surface area contributed by atoms with Crippen molar-refractivity contribution in [1.82, 2.24) is 10.2 Å². The smallest absolute Gasteiger partial charge is 0.318 e. The molecule has 106 valence electrons. The summed E-state index contributed by atoms with van der Waals surface area (Å²) in [4.78, 5) is 11.7. The molecule has 4 nitrogen and oxygen atoms in total. The molecule has 1 amide bonds. The molecule has 20 heavy (non-hydrogen) atoms. The summed E-state index contributed by atoms with van der Waals surface area (Å²) < 4.78 is 37.4. The van der Waals surface area contributed by atoms with E-state index in [0.717, 1.165) is 29.5 Å². The number of hydrogen-bond donors (Lipinski definition) is 1. The van der Waals surface area contributed by atoms with Crippen LogP contribution in [0.5, 0.6) is 0 Å². The van der Waals surface area contributed by atoms with Gasteiger partial charge < -0.3 is 5.32 Å². The van der Waals surface area contributed by atoms with Gasteiger partial charge in [0, 0.05) is 0 Å². The number of nitrogens with one attached hydrogen (secondary N) is 1. The zero-order valence-electron chi connectivity index (χ0n) is 9.33. The van der Waals surface area contributed by atoms with Gasteiger partial charge in [0.05, 0.1) is 16.3 Å². The van der Waals surface area contributed by atoms with Crippen molar-refractivity contribution < 1.29 is 18.0 Å². The molecule has 1 N–H and O–H groups in total. The molecule has 0 atom stereocenters. The largest absolute Gasteiger partial charge is 0.416 e. The molecular weight excluding hydrogens is 338 g/mol. The average molecular weight is 342 g/mol. The molecule has 0 spiro atoms. The van der Waals surface area contributed by atoms with Gasteiger partial charge in [0.15, 0.2) is 0 Å². The molecule has 0 unspecified atom stereocenters. The highest BCUT2D eigenvalue weighted by Crippen LogP contribution is 2.33. The molecular formula is C10H4Cl2F3N3OS. The number of rotatable bonds is 2. The van der Waals surface area contributed by atoms with E-state index in [-0.39, 0.29) is 20.2 Å². The van der Waals surface area contributed by atoms with Gasteiger partial charge in [-0.3, -0.25) is 4.79 Å². The molecule has 1 aromatic carbocycles. The molecule has 0 fully saturated rings. The van der Waals surface area contributed by atoms with Crippen LogP contribution in [0.4, 0.5) is 18.9 Å². The maximum atomic E-state index is 12.5. The van der Waals surface area contributed by atoms with E-state index in [0.29, 0.717) is 0 Å². The first-order valence-electron chi connectivity index (χ1n) is 4.94. The number of benzene rings is 1. The molecule has 0 radical (unpaired) electrons. The van der Waals surface area contributed by atoms with Crippen molar-refractivity contribution in [2.75, 3.05) is 5.32 Å². The lowest BCUT2D eigenvalue weighted by Crippen LogP contribution is -2.12. The molecule has 0 saturated carbocycles. The van der Waals surface area contributed by atoms with Gasteiger partial charge in [-0.25, -0.2) is 0 Å². The van der Waals surface area contributed by atoms with Crippen molar-refractivity contribution >= 4 is 46.1 Å². The minimum absolute atomic E-state index is 0.0223. The number of amides is 1. The fourth-order valence-corrected chi connectivity index (χ4v) is 2.22. The molecule has 2 aromatic rings. The highest BCUT2D eigenvalue weighted by atomic mass is 35.5. The van der Waals surface area contributed by atoms with Gasteiger partial charge in [0.2, 0.25) is 9.47 Å². The zero-order chi connectivity index (χ0) is 14.9. The molecule has 0 aliphatic carbocycles. The molecule has 2 rings (SSSR count). The lowest BCUT2D eigenvalue weighted by molar-refractivity contribution is -0.137. The van der Waals surface area contributed by atoms with Crippen molar-refractivity contribution in [3.05, 3.63) is 38.3 Å². The third kappa shape index (κ3) is 3.38. The normalized spacial score (nSPS) is 11.4. The lowest BCUT2D eigenvalue weighted by Gasteiger charge is -2.10. The Morgan fingerprint density at radius 1 is 1.25 bits per heavy atom. The third-order valence-corrected chi connectivity index (χ3v) is 3.47. The minimum atomic E-state index is -4.50. The van der Waals surface area contributed by atoms with Crippen molar-refractivity contribution in [1.29, 1.82) is 0 Å². The SMILES string of the molecule is O=C(Nc1ccc(C(F)(F)F)cc1Cl)c1nnc(Cl)s1. The maximum Gasteiger partial charge on any atom is 0.416 e. The van der Waals surface area contributed by atoms with Gasteiger partial charge in [-0.2, -0.15) is 13.2 Å². The number of hydrogen-bond acceptors (Lipinski definition) is 4. The van der Waals surface area contributed by atoms with Gasteiger partial charge in [-0.15, -0.1) is 10.2 Å². The quantitative estimate of drug-likeness (QED) is 0.893. The van der Waals surface area contributed by atoms with Gasteiger partial charge >= 0.3 is 6.18 Å². The van der Waals surface area contributed by atoms with Crippen LogP contribution in [0.1, 0.15) is 15.4 Å². The molecule has 0 aliphatic heterocycles. The topological polar surface area (TPSA) is 54.9 Å². The summed E-state index contributed by atoms with van der Waals surface area (Å²) >= 11 is 12.1. The van der Waals surface area contributed by atoms with Crippen molar-refractivity contribution in [2.45, 2.75) is 6.18 Å². The van der Waals surface area contributed by atoms with Gasteiger partial charge in [0.1, 0.15) is 0 Å². The van der Waals surface area contributed by atoms with E-state index in [2.05, 4.69) is 15.5 Å². The molecule has 0 bridgehead atoms. The van der Waals surface area contributed by atoms with Crippen LogP contribution in [0.25, 0.3) is 0 Å². The summed E-state index contributed by atoms with van der Waals surface area (Å²) in [6, 6.07) is 2.60. The first kappa shape index (κ1) is 15.0. The van der Waals surface area contributed by atoms with E-state index in [1.54, 1.807) is 0 Å². The number of alkyl halides is 3. The number of aromatic nitrogens is 2. The Labute approximate surface area is 124 Å². The van der Waals surface area contributed by atoms with Crippen LogP contribution in [-0.2, 0) is 6.18 Å². The standard InChI is InChI=1S/C10H4Cl2F3N3OS/c11-5-3-4(10(13,14)15)1-2-6(5)16-7(19)8-17-18-9(12)20-8/h1-3H,(H,16,19). The second-order valence-electron chi connectivity index (χ2n) is 3.51. The Hall–Kier alpha value is -1.38. The van der Waals surface area contributed by atoms with E-state index in [4.69, 9.17) is 23.2 Å². The van der Waals surface area contributed by atoms with E-state index >= 15 is 0 Å². The third-order valence-electron chi connectivity index (χ3n) is 2.14. The van der Waals surface area contributed by atoms with Crippen LogP contribution in [-0.4, -0.2) is 16.1 Å². The number of carbonyl (C=O) groups excluding carboxylic acids is 1. The van der Waals surface area contributed by atoms with Crippen LogP contribution in [0.15, 0.2) is 18.2 Å². The second-order valence-corrected chi connectivity index (χ2v) is 5.47. The van der Waals surface area contributed by atoms with E-state index in [1.165, 1.54) is 0 Å². The van der Waals surface area contributed by atoms with Crippen molar-refractivity contribution in [3.63, 3.8) is 0 Å². The van der Waals surface area contributed by atoms with Crippen molar-refractivity contribution in [3.8, 4) is 0 Å². The Morgan fingerprint density at radius 2 is 1.95 bits per heavy atom. The first-order chi connectivity index (χ1) is 9.27. The number of nitrogens with zero attached hydrogens (tertiary/aromatic N) is 2. The van der Waals surface area contributed by atoms with Crippen LogP contribution in [0, 0.1) is 0 Å². The molecule has 10 heteroatoms. The second kappa shape index (κ2) is 5.55. The fourth-order valence-electron chi connectivity index (χ4n) is 1.27. The van der Waals surface area contributed by atoms with E-state index < -0.39 is 17.6 Å². The summed E-state index contributed by atoms with van der Waals surface area (Å²) in [6.45, 7) is 0. The Balaban J connectivity index is 2.20. The van der Waals surface area contributed by atoms with Crippen LogP contribution >= 0.6 is 34.5 Å². The summed E-state index contributed by atoms with van der Waals surface area (Å²) in [5.74, 6) is -0.656. The van der Waals surface area contributed by atoms with E-state index in [1.807, 2.05) is 0 Å². The summed E-state index contributed by atoms with van der Waals surface area (Å²) in [5.41, 5.74) is -0.865. The first-order valence-corrected chi connectivity index (χ1v) is 6.51. The Morgan fingerprint density at radius 3 is 2.45 bits per heavy atom. The highest BCUT2D eigenvalue weighted by Gasteiger charge is 2.31.